The molecule has 5 aliphatic heterocycles. The van der Waals surface area contributed by atoms with E-state index in [1.807, 2.05) is 30.0 Å². The van der Waals surface area contributed by atoms with E-state index in [1.165, 1.54) is 19.6 Å². The molecular weight excluding hydrogens is 736 g/mol. The first-order valence-corrected chi connectivity index (χ1v) is 22.2. The zero-order valence-electron chi connectivity index (χ0n) is 33.2. The summed E-state index contributed by atoms with van der Waals surface area (Å²) in [6.07, 6.45) is 6.74. The molecule has 5 saturated heterocycles. The number of methoxy groups -OCH3 is 2. The van der Waals surface area contributed by atoms with Crippen LogP contribution in [0.1, 0.15) is 63.9 Å². The van der Waals surface area contributed by atoms with Crippen LogP contribution < -0.4 is 10.2 Å². The van der Waals surface area contributed by atoms with Crippen LogP contribution in [0.15, 0.2) is 53.4 Å². The predicted molar refractivity (Wildman–Crippen MR) is 211 cm³/mol. The second-order valence-electron chi connectivity index (χ2n) is 17.3. The lowest BCUT2D eigenvalue weighted by Crippen LogP contribution is -2.68. The molecule has 2 aromatic rings. The Kier molecular flexibility index (Phi) is 11.2. The smallest absolute Gasteiger partial charge is 0.407 e. The molecular formula is C42H59FN6O6S. The first-order chi connectivity index (χ1) is 27.0. The molecule has 0 unspecified atom stereocenters. The summed E-state index contributed by atoms with van der Waals surface area (Å²) in [5.74, 6) is 0.354. The number of carbonyl (C=O) groups excluding carboxylic acids is 2. The van der Waals surface area contributed by atoms with Crippen molar-refractivity contribution >= 4 is 27.7 Å². The third-order valence-electron chi connectivity index (χ3n) is 14.3. The molecule has 14 heteroatoms. The number of amides is 2. The quantitative estimate of drug-likeness (QED) is 0.317. The minimum atomic E-state index is -3.66. The van der Waals surface area contributed by atoms with Gasteiger partial charge in [0.2, 0.25) is 15.9 Å². The van der Waals surface area contributed by atoms with Gasteiger partial charge in [-0.2, -0.15) is 4.31 Å². The highest BCUT2D eigenvalue weighted by atomic mass is 32.2. The molecule has 12 nitrogen and oxygen atoms in total. The van der Waals surface area contributed by atoms with Crippen LogP contribution >= 0.6 is 0 Å². The van der Waals surface area contributed by atoms with Crippen molar-refractivity contribution in [3.63, 3.8) is 0 Å². The maximum Gasteiger partial charge on any atom is 0.407 e. The number of alkyl carbamates (subject to hydrolysis) is 1. The van der Waals surface area contributed by atoms with Crippen molar-refractivity contribution in [2.45, 2.75) is 92.3 Å². The second-order valence-corrected chi connectivity index (χ2v) is 19.2. The van der Waals surface area contributed by atoms with E-state index in [9.17, 15) is 18.0 Å². The number of piperidine rings is 1. The fraction of sp³-hybridized carbons (Fsp3) is 0.667. The summed E-state index contributed by atoms with van der Waals surface area (Å²) >= 11 is 0. The van der Waals surface area contributed by atoms with Crippen molar-refractivity contribution in [2.24, 2.45) is 11.8 Å². The van der Waals surface area contributed by atoms with E-state index < -0.39 is 16.1 Å². The van der Waals surface area contributed by atoms with Crippen LogP contribution in [0.5, 0.6) is 0 Å². The molecule has 8 rings (SSSR count). The first kappa shape index (κ1) is 39.5. The lowest BCUT2D eigenvalue weighted by molar-refractivity contribution is -0.132. The van der Waals surface area contributed by atoms with Gasteiger partial charge in [-0.15, -0.1) is 0 Å². The molecule has 0 spiro atoms. The van der Waals surface area contributed by atoms with E-state index in [4.69, 9.17) is 9.47 Å². The molecule has 2 bridgehead atoms. The second kappa shape index (κ2) is 15.8. The Morgan fingerprint density at radius 2 is 1.68 bits per heavy atom. The largest absolute Gasteiger partial charge is 0.453 e. The standard InChI is InChI=1S/C42H59FN6O6S/c1-4-39(50)48-24-35-23-34(48)25-49(35)56(52,53)36-14-12-33(13-15-36)47-27-41(28-47,55-3)26-46-20-16-30(17-21-46)42(29-45-18-7-19-45,31-8-5-9-32(43)22-31)37-10-6-11-38(37)44-40(51)54-2/h5,8-9,12-15,22,30,34-35,37-38H,4,6-7,10-11,16-21,23-29H2,1-3H3,(H,44,51)/t34-,35-,37-,38-,42-/m0/s1. The lowest BCUT2D eigenvalue weighted by Gasteiger charge is -2.55. The zero-order valence-corrected chi connectivity index (χ0v) is 34.0. The van der Waals surface area contributed by atoms with Gasteiger partial charge in [0.25, 0.3) is 0 Å². The summed E-state index contributed by atoms with van der Waals surface area (Å²) in [6, 6.07) is 14.2. The number of sulfonamides is 1. The number of hydrogen-bond donors (Lipinski definition) is 1. The summed E-state index contributed by atoms with van der Waals surface area (Å²) in [5.41, 5.74) is 1.37. The fourth-order valence-electron chi connectivity index (χ4n) is 11.3. The van der Waals surface area contributed by atoms with Crippen LogP contribution in [0.25, 0.3) is 0 Å². The highest BCUT2D eigenvalue weighted by Gasteiger charge is 2.54. The van der Waals surface area contributed by atoms with Gasteiger partial charge in [-0.25, -0.2) is 17.6 Å². The molecule has 1 aliphatic carbocycles. The topological polar surface area (TPSA) is 115 Å². The molecule has 0 radical (unpaired) electrons. The highest BCUT2D eigenvalue weighted by Crippen LogP contribution is 2.52. The number of fused-ring (bicyclic) bond motifs is 2. The van der Waals surface area contributed by atoms with Gasteiger partial charge in [0, 0.05) is 68.9 Å². The predicted octanol–water partition coefficient (Wildman–Crippen LogP) is 4.30. The Morgan fingerprint density at radius 1 is 0.929 bits per heavy atom. The average Bonchev–Trinajstić information content (AvgIpc) is 3.94. The monoisotopic (exact) mass is 794 g/mol. The number of piperazine rings is 1. The van der Waals surface area contributed by atoms with Gasteiger partial charge in [0.1, 0.15) is 11.4 Å². The van der Waals surface area contributed by atoms with Crippen molar-refractivity contribution in [3.05, 3.63) is 59.9 Å². The SMILES string of the molecule is CCC(=O)N1C[C@@H]2C[C@H]1CN2S(=O)(=O)c1ccc(N2CC(CN3CCC([C@@](CN4CCC4)(c4cccc(F)c4)[C@H]4CCC[C@@H]4NC(=O)OC)CC3)(OC)C2)cc1. The molecule has 56 heavy (non-hydrogen) atoms. The van der Waals surface area contributed by atoms with E-state index in [1.54, 1.807) is 29.6 Å². The lowest BCUT2D eigenvalue weighted by atomic mass is 9.57. The molecule has 6 fully saturated rings. The number of hydrogen-bond acceptors (Lipinski definition) is 9. The van der Waals surface area contributed by atoms with E-state index in [0.29, 0.717) is 44.9 Å². The van der Waals surface area contributed by atoms with Gasteiger partial charge in [-0.3, -0.25) is 4.79 Å². The maximum absolute atomic E-state index is 15.1. The zero-order chi connectivity index (χ0) is 39.2. The number of rotatable bonds is 13. The number of benzene rings is 2. The molecule has 1 N–H and O–H groups in total. The molecule has 5 heterocycles. The van der Waals surface area contributed by atoms with Gasteiger partial charge >= 0.3 is 6.09 Å². The van der Waals surface area contributed by atoms with Crippen molar-refractivity contribution in [1.29, 1.82) is 0 Å². The minimum absolute atomic E-state index is 0.0318. The fourth-order valence-corrected chi connectivity index (χ4v) is 12.9. The molecule has 2 aromatic carbocycles. The molecule has 5 atom stereocenters. The number of halogens is 1. The highest BCUT2D eigenvalue weighted by molar-refractivity contribution is 7.89. The normalized spacial score (nSPS) is 28.1. The molecule has 0 aromatic heterocycles. The Labute approximate surface area is 331 Å². The summed E-state index contributed by atoms with van der Waals surface area (Å²) in [5, 5.41) is 3.18. The number of nitrogens with zero attached hydrogens (tertiary/aromatic N) is 5. The van der Waals surface area contributed by atoms with E-state index in [0.717, 1.165) is 82.6 Å². The van der Waals surface area contributed by atoms with Crippen LogP contribution in [0.4, 0.5) is 14.9 Å². The van der Waals surface area contributed by atoms with Crippen molar-refractivity contribution in [3.8, 4) is 0 Å². The average molecular weight is 795 g/mol. The van der Waals surface area contributed by atoms with Gasteiger partial charge in [-0.1, -0.05) is 25.5 Å². The Balaban J connectivity index is 0.924. The summed E-state index contributed by atoms with van der Waals surface area (Å²) in [7, 11) is -0.458. The van der Waals surface area contributed by atoms with Crippen LogP contribution in [-0.4, -0.2) is 143 Å². The van der Waals surface area contributed by atoms with Crippen molar-refractivity contribution < 1.29 is 31.9 Å². The molecule has 6 aliphatic rings. The van der Waals surface area contributed by atoms with Crippen LogP contribution in [-0.2, 0) is 29.7 Å². The van der Waals surface area contributed by atoms with E-state index >= 15 is 4.39 Å². The number of anilines is 1. The van der Waals surface area contributed by atoms with Crippen molar-refractivity contribution in [2.75, 3.05) is 84.6 Å². The summed E-state index contributed by atoms with van der Waals surface area (Å²) in [4.78, 5) is 34.3. The Bertz CT molecular complexity index is 1850. The number of ether oxygens (including phenoxy) is 2. The number of carbonyl (C=O) groups is 2. The van der Waals surface area contributed by atoms with Gasteiger partial charge in [0.15, 0.2) is 0 Å². The van der Waals surface area contributed by atoms with E-state index in [2.05, 4.69) is 26.1 Å². The van der Waals surface area contributed by atoms with Gasteiger partial charge in [0.05, 0.1) is 25.1 Å². The number of nitrogens with one attached hydrogen (secondary N) is 1. The summed E-state index contributed by atoms with van der Waals surface area (Å²) < 4.78 is 55.2. The molecule has 2 amide bonds. The van der Waals surface area contributed by atoms with Crippen LogP contribution in [0.3, 0.4) is 0 Å². The molecule has 306 valence electrons. The Hall–Kier alpha value is -3.30. The third-order valence-corrected chi connectivity index (χ3v) is 16.2. The minimum Gasteiger partial charge on any atom is -0.453 e. The Morgan fingerprint density at radius 3 is 2.29 bits per heavy atom. The first-order valence-electron chi connectivity index (χ1n) is 20.8. The number of likely N-dealkylation sites (tertiary alicyclic amines) is 3. The van der Waals surface area contributed by atoms with Crippen LogP contribution in [0.2, 0.25) is 0 Å². The maximum atomic E-state index is 15.1. The van der Waals surface area contributed by atoms with Crippen molar-refractivity contribution in [1.82, 2.24) is 24.3 Å². The molecule has 1 saturated carbocycles. The summed E-state index contributed by atoms with van der Waals surface area (Å²) in [6.45, 7) is 9.65. The van der Waals surface area contributed by atoms with Gasteiger partial charge in [-0.05, 0) is 119 Å². The third kappa shape index (κ3) is 7.22. The van der Waals surface area contributed by atoms with E-state index in [-0.39, 0.29) is 51.7 Å². The van der Waals surface area contributed by atoms with Gasteiger partial charge < -0.3 is 34.4 Å². The van der Waals surface area contributed by atoms with Crippen LogP contribution in [0, 0.1) is 17.7 Å².